The lowest BCUT2D eigenvalue weighted by atomic mass is 9.77. The predicted molar refractivity (Wildman–Crippen MR) is 115 cm³/mol. The van der Waals surface area contributed by atoms with Crippen LogP contribution in [-0.4, -0.2) is 28.0 Å². The minimum atomic E-state index is -5.35. The van der Waals surface area contributed by atoms with E-state index in [1.807, 2.05) is 0 Å². The molecule has 3 aromatic rings. The number of aryl methyl sites for hydroxylation is 1. The van der Waals surface area contributed by atoms with Gasteiger partial charge < -0.3 is 20.2 Å². The second kappa shape index (κ2) is 8.55. The number of hydrogen-bond donors (Lipinski definition) is 3. The van der Waals surface area contributed by atoms with Crippen molar-refractivity contribution in [2.75, 3.05) is 0 Å². The van der Waals surface area contributed by atoms with Gasteiger partial charge in [0.25, 0.3) is 5.69 Å². The molecule has 2 amide bonds. The first-order valence-corrected chi connectivity index (χ1v) is 10.2. The lowest BCUT2D eigenvalue weighted by Gasteiger charge is -2.44. The Balaban J connectivity index is 1.81. The number of ketones is 1. The van der Waals surface area contributed by atoms with Crippen molar-refractivity contribution in [1.29, 1.82) is 0 Å². The van der Waals surface area contributed by atoms with Gasteiger partial charge in [0.1, 0.15) is 23.5 Å². The van der Waals surface area contributed by atoms with E-state index in [-0.39, 0.29) is 28.3 Å². The number of non-ortho nitro benzene ring substituents is 1. The molecule has 1 aliphatic rings. The van der Waals surface area contributed by atoms with Crippen molar-refractivity contribution in [3.05, 3.63) is 87.7 Å². The third-order valence-electron chi connectivity index (χ3n) is 5.70. The van der Waals surface area contributed by atoms with Crippen molar-refractivity contribution >= 4 is 17.5 Å². The average molecular weight is 489 g/mol. The zero-order valence-corrected chi connectivity index (χ0v) is 18.0. The number of carbonyl (C=O) groups excluding carboxylic acids is 2. The van der Waals surface area contributed by atoms with Gasteiger partial charge in [-0.1, -0.05) is 42.0 Å². The van der Waals surface area contributed by atoms with E-state index in [9.17, 15) is 38.0 Å². The Bertz CT molecular complexity index is 1300. The number of nitro groups is 1. The van der Waals surface area contributed by atoms with Crippen LogP contribution in [0.5, 0.6) is 0 Å². The lowest BCUT2D eigenvalue weighted by Crippen LogP contribution is -2.66. The normalized spacial score (nSPS) is 22.3. The van der Waals surface area contributed by atoms with E-state index in [1.54, 1.807) is 6.92 Å². The fourth-order valence-corrected chi connectivity index (χ4v) is 4.01. The van der Waals surface area contributed by atoms with Crippen molar-refractivity contribution in [2.24, 2.45) is 5.92 Å². The van der Waals surface area contributed by atoms with Gasteiger partial charge in [-0.2, -0.15) is 13.2 Å². The van der Waals surface area contributed by atoms with Gasteiger partial charge in [-0.15, -0.1) is 0 Å². The fourth-order valence-electron chi connectivity index (χ4n) is 4.01. The summed E-state index contributed by atoms with van der Waals surface area (Å²) in [6.45, 7) is 1.72. The van der Waals surface area contributed by atoms with Crippen molar-refractivity contribution in [1.82, 2.24) is 10.6 Å². The number of halogens is 3. The molecule has 0 bridgehead atoms. The number of nitrogens with one attached hydrogen (secondary N) is 2. The molecule has 182 valence electrons. The number of benzene rings is 2. The van der Waals surface area contributed by atoms with E-state index in [0.29, 0.717) is 0 Å². The van der Waals surface area contributed by atoms with Crippen molar-refractivity contribution in [3.63, 3.8) is 0 Å². The Morgan fingerprint density at radius 2 is 1.83 bits per heavy atom. The van der Waals surface area contributed by atoms with Gasteiger partial charge in [0.2, 0.25) is 5.78 Å². The summed E-state index contributed by atoms with van der Waals surface area (Å²) in [5.41, 5.74) is -2.10. The minimum Gasteiger partial charge on any atom is -0.459 e. The van der Waals surface area contributed by atoms with Crippen LogP contribution in [0.3, 0.4) is 0 Å². The first-order chi connectivity index (χ1) is 16.4. The third-order valence-corrected chi connectivity index (χ3v) is 5.70. The van der Waals surface area contributed by atoms with Crippen LogP contribution in [0.15, 0.2) is 65.1 Å². The second-order valence-corrected chi connectivity index (χ2v) is 8.06. The first-order valence-electron chi connectivity index (χ1n) is 10.2. The molecule has 1 saturated heterocycles. The number of alkyl halides is 3. The maximum absolute atomic E-state index is 13.6. The Morgan fingerprint density at radius 1 is 1.14 bits per heavy atom. The molecular formula is C23H18F3N3O6. The molecule has 2 aromatic carbocycles. The Morgan fingerprint density at radius 3 is 2.46 bits per heavy atom. The number of hydrogen-bond acceptors (Lipinski definition) is 6. The fraction of sp³-hybridized carbons (Fsp3) is 0.217. The molecule has 9 nitrogen and oxygen atoms in total. The van der Waals surface area contributed by atoms with Crippen LogP contribution in [0.25, 0.3) is 11.3 Å². The molecule has 1 fully saturated rings. The van der Waals surface area contributed by atoms with Gasteiger partial charge in [-0.25, -0.2) is 4.79 Å². The lowest BCUT2D eigenvalue weighted by molar-refractivity contribution is -0.384. The Labute approximate surface area is 195 Å². The Hall–Kier alpha value is -4.19. The zero-order valence-electron chi connectivity index (χ0n) is 18.0. The van der Waals surface area contributed by atoms with Crippen LogP contribution in [-0.2, 0) is 10.5 Å². The summed E-state index contributed by atoms with van der Waals surface area (Å²) < 4.78 is 46.6. The summed E-state index contributed by atoms with van der Waals surface area (Å²) >= 11 is 0. The van der Waals surface area contributed by atoms with Gasteiger partial charge in [0.15, 0.2) is 5.72 Å². The quantitative estimate of drug-likeness (QED) is 0.365. The summed E-state index contributed by atoms with van der Waals surface area (Å²) in [6, 6.07) is 10.8. The molecule has 0 spiro atoms. The highest BCUT2D eigenvalue weighted by Gasteiger charge is 2.60. The largest absolute Gasteiger partial charge is 0.459 e. The van der Waals surface area contributed by atoms with Crippen molar-refractivity contribution in [3.8, 4) is 11.3 Å². The summed E-state index contributed by atoms with van der Waals surface area (Å²) in [4.78, 5) is 35.4. The van der Waals surface area contributed by atoms with E-state index >= 15 is 0 Å². The molecule has 12 heteroatoms. The molecule has 1 aromatic heterocycles. The zero-order chi connectivity index (χ0) is 25.5. The molecule has 3 atom stereocenters. The monoisotopic (exact) mass is 489 g/mol. The van der Waals surface area contributed by atoms with Gasteiger partial charge in [-0.3, -0.25) is 14.9 Å². The molecular weight excluding hydrogens is 471 g/mol. The van der Waals surface area contributed by atoms with Gasteiger partial charge in [0.05, 0.1) is 4.92 Å². The molecule has 1 aliphatic heterocycles. The SMILES string of the molecule is Cc1ccc([C@]2(O)NC(=O)N[C@H](c3ccc(-c4cccc([N+](=O)[O-])c4)o3)[C@H]2C(=O)C(F)(F)F)cc1. The predicted octanol–water partition coefficient (Wildman–Crippen LogP) is 4.11. The molecule has 4 rings (SSSR count). The number of furan rings is 1. The molecule has 0 saturated carbocycles. The average Bonchev–Trinajstić information content (AvgIpc) is 3.28. The van der Waals surface area contributed by atoms with E-state index < -0.39 is 40.6 Å². The van der Waals surface area contributed by atoms with Crippen LogP contribution < -0.4 is 10.6 Å². The minimum absolute atomic E-state index is 0.0496. The van der Waals surface area contributed by atoms with E-state index in [2.05, 4.69) is 10.6 Å². The molecule has 0 aliphatic carbocycles. The van der Waals surface area contributed by atoms with Crippen LogP contribution in [0.1, 0.15) is 22.9 Å². The number of nitrogens with zero attached hydrogens (tertiary/aromatic N) is 1. The van der Waals surface area contributed by atoms with Gasteiger partial charge in [0, 0.05) is 23.3 Å². The summed E-state index contributed by atoms with van der Waals surface area (Å²) in [7, 11) is 0. The summed E-state index contributed by atoms with van der Waals surface area (Å²) in [6.07, 6.45) is -5.35. The maximum atomic E-state index is 13.6. The topological polar surface area (TPSA) is 135 Å². The van der Waals surface area contributed by atoms with Crippen LogP contribution in [0.2, 0.25) is 0 Å². The molecule has 35 heavy (non-hydrogen) atoms. The highest BCUT2D eigenvalue weighted by molar-refractivity contribution is 5.91. The molecule has 2 heterocycles. The number of urea groups is 1. The van der Waals surface area contributed by atoms with E-state index in [1.165, 1.54) is 60.7 Å². The number of amides is 2. The number of carbonyl (C=O) groups is 2. The number of rotatable bonds is 5. The number of nitro benzene ring substituents is 1. The van der Waals surface area contributed by atoms with Crippen molar-refractivity contribution < 1.29 is 37.2 Å². The number of Topliss-reactive ketones (excluding diaryl/α,β-unsaturated/α-hetero) is 1. The Kier molecular flexibility index (Phi) is 5.85. The van der Waals surface area contributed by atoms with Crippen LogP contribution >= 0.6 is 0 Å². The van der Waals surface area contributed by atoms with Crippen LogP contribution in [0.4, 0.5) is 23.7 Å². The third kappa shape index (κ3) is 4.47. The molecule has 3 N–H and O–H groups in total. The first kappa shape index (κ1) is 24.0. The maximum Gasteiger partial charge on any atom is 0.450 e. The van der Waals surface area contributed by atoms with E-state index in [4.69, 9.17) is 4.42 Å². The molecule has 0 unspecified atom stereocenters. The number of aliphatic hydroxyl groups is 1. The second-order valence-electron chi connectivity index (χ2n) is 8.06. The van der Waals surface area contributed by atoms with Crippen molar-refractivity contribution in [2.45, 2.75) is 24.9 Å². The van der Waals surface area contributed by atoms with Gasteiger partial charge in [-0.05, 0) is 19.1 Å². The standard InChI is InChI=1S/C23H18F3N3O6/c1-12-5-7-14(8-6-12)22(32)18(20(30)23(24,25)26)19(27-21(31)28-22)17-10-9-16(35-17)13-3-2-4-15(11-13)29(33)34/h2-11,18-19,32H,1H3,(H2,27,28,31)/t18-,19+,22+/m0/s1. The highest BCUT2D eigenvalue weighted by Crippen LogP contribution is 2.44. The van der Waals surface area contributed by atoms with E-state index in [0.717, 1.165) is 5.56 Å². The van der Waals surface area contributed by atoms with Crippen LogP contribution in [0, 0.1) is 23.0 Å². The molecule has 0 radical (unpaired) electrons. The summed E-state index contributed by atoms with van der Waals surface area (Å²) in [5, 5.41) is 26.7. The highest BCUT2D eigenvalue weighted by atomic mass is 19.4. The van der Waals surface area contributed by atoms with Gasteiger partial charge >= 0.3 is 12.2 Å². The summed E-state index contributed by atoms with van der Waals surface area (Å²) in [5.74, 6) is -4.75. The smallest absolute Gasteiger partial charge is 0.450 e.